The molecule has 0 radical (unpaired) electrons. The fraction of sp³-hybridized carbons (Fsp3) is 0.375. The van der Waals surface area contributed by atoms with Crippen molar-refractivity contribution in [1.82, 2.24) is 20.2 Å². The van der Waals surface area contributed by atoms with Gasteiger partial charge in [-0.15, -0.1) is 11.6 Å². The van der Waals surface area contributed by atoms with Crippen molar-refractivity contribution in [3.05, 3.63) is 22.4 Å². The number of alkyl halides is 1. The number of hydrogen-bond donors (Lipinski definition) is 4. The number of nitrogens with one attached hydrogen (secondary N) is 2. The fourth-order valence-electron chi connectivity index (χ4n) is 1.38. The molecule has 0 aromatic carbocycles. The van der Waals surface area contributed by atoms with E-state index in [0.717, 1.165) is 0 Å². The first-order valence-electron chi connectivity index (χ1n) is 4.49. The van der Waals surface area contributed by atoms with E-state index in [4.69, 9.17) is 11.6 Å². The molecule has 7 nitrogen and oxygen atoms in total. The Labute approximate surface area is 94.1 Å². The lowest BCUT2D eigenvalue weighted by Crippen LogP contribution is -2.21. The third-order valence-corrected chi connectivity index (χ3v) is 2.52. The molecule has 4 N–H and O–H groups in total. The van der Waals surface area contributed by atoms with Crippen LogP contribution < -0.4 is 5.56 Å². The smallest absolute Gasteiger partial charge is 0.262 e. The van der Waals surface area contributed by atoms with Gasteiger partial charge in [-0.1, -0.05) is 0 Å². The molecule has 8 heteroatoms. The second kappa shape index (κ2) is 4.20. The van der Waals surface area contributed by atoms with Crippen molar-refractivity contribution in [2.45, 2.75) is 12.2 Å². The number of aromatic nitrogens is 4. The summed E-state index contributed by atoms with van der Waals surface area (Å²) in [6.45, 7) is 0. The van der Waals surface area contributed by atoms with Crippen LogP contribution in [0, 0.1) is 0 Å². The Hall–Kier alpha value is -1.44. The summed E-state index contributed by atoms with van der Waals surface area (Å²) in [6.07, 6.45) is -1.27. The Morgan fingerprint density at radius 3 is 2.94 bits per heavy atom. The van der Waals surface area contributed by atoms with Crippen molar-refractivity contribution in [2.24, 2.45) is 0 Å². The third kappa shape index (κ3) is 1.69. The van der Waals surface area contributed by atoms with Gasteiger partial charge in [-0.05, 0) is 0 Å². The van der Waals surface area contributed by atoms with Gasteiger partial charge in [-0.25, -0.2) is 4.98 Å². The van der Waals surface area contributed by atoms with Gasteiger partial charge in [0.1, 0.15) is 11.5 Å². The van der Waals surface area contributed by atoms with Crippen LogP contribution >= 0.6 is 11.6 Å². The molecule has 2 aromatic rings. The monoisotopic (exact) mass is 244 g/mol. The number of hydrogen-bond acceptors (Lipinski definition) is 5. The molecule has 0 fully saturated rings. The SMILES string of the molecule is O=c1[nH]cnc2n[nH]c(C(O)C(O)CCl)c12. The molecule has 0 amide bonds. The number of rotatable bonds is 3. The molecule has 0 saturated heterocycles. The minimum absolute atomic E-state index is 0.109. The summed E-state index contributed by atoms with van der Waals surface area (Å²) in [5.74, 6) is -0.153. The number of aliphatic hydroxyl groups is 2. The number of nitrogens with zero attached hydrogens (tertiary/aromatic N) is 2. The van der Waals surface area contributed by atoms with Crippen LogP contribution in [-0.2, 0) is 0 Å². The Morgan fingerprint density at radius 2 is 2.25 bits per heavy atom. The first kappa shape index (κ1) is 11.1. The molecule has 2 aromatic heterocycles. The minimum Gasteiger partial charge on any atom is -0.389 e. The predicted octanol–water partition coefficient (Wildman–Crippen LogP) is -0.721. The van der Waals surface area contributed by atoms with Crippen molar-refractivity contribution in [3.8, 4) is 0 Å². The van der Waals surface area contributed by atoms with E-state index in [-0.39, 0.29) is 22.6 Å². The van der Waals surface area contributed by atoms with E-state index in [2.05, 4.69) is 20.2 Å². The molecule has 2 atom stereocenters. The summed E-state index contributed by atoms with van der Waals surface area (Å²) < 4.78 is 0. The molecule has 2 unspecified atom stereocenters. The molecule has 0 aliphatic rings. The van der Waals surface area contributed by atoms with Crippen LogP contribution in [0.3, 0.4) is 0 Å². The Kier molecular flexibility index (Phi) is 2.90. The first-order chi connectivity index (χ1) is 7.65. The van der Waals surface area contributed by atoms with E-state index in [1.807, 2.05) is 0 Å². The van der Waals surface area contributed by atoms with E-state index in [1.54, 1.807) is 0 Å². The van der Waals surface area contributed by atoms with Crippen LogP contribution in [0.2, 0.25) is 0 Å². The molecular formula is C8H9ClN4O3. The maximum absolute atomic E-state index is 11.5. The highest BCUT2D eigenvalue weighted by Gasteiger charge is 2.23. The largest absolute Gasteiger partial charge is 0.389 e. The topological polar surface area (TPSA) is 115 Å². The van der Waals surface area contributed by atoms with Crippen molar-refractivity contribution in [2.75, 3.05) is 5.88 Å². The van der Waals surface area contributed by atoms with E-state index in [9.17, 15) is 15.0 Å². The van der Waals surface area contributed by atoms with E-state index in [1.165, 1.54) is 6.33 Å². The highest BCUT2D eigenvalue weighted by atomic mass is 35.5. The van der Waals surface area contributed by atoms with E-state index < -0.39 is 17.8 Å². The van der Waals surface area contributed by atoms with Crippen LogP contribution in [0.5, 0.6) is 0 Å². The second-order valence-electron chi connectivity index (χ2n) is 3.23. The summed E-state index contributed by atoms with van der Waals surface area (Å²) in [5.41, 5.74) is -0.147. The van der Waals surface area contributed by atoms with Crippen LogP contribution in [0.4, 0.5) is 0 Å². The molecule has 16 heavy (non-hydrogen) atoms. The maximum Gasteiger partial charge on any atom is 0.262 e. The molecule has 2 rings (SSSR count). The van der Waals surface area contributed by atoms with Crippen LogP contribution in [0.15, 0.2) is 11.1 Å². The summed E-state index contributed by atoms with van der Waals surface area (Å²) in [6, 6.07) is 0. The minimum atomic E-state index is -1.30. The molecule has 2 heterocycles. The molecule has 86 valence electrons. The highest BCUT2D eigenvalue weighted by molar-refractivity contribution is 6.18. The lowest BCUT2D eigenvalue weighted by molar-refractivity contribution is 0.0308. The van der Waals surface area contributed by atoms with Gasteiger partial charge in [0.25, 0.3) is 5.56 Å². The van der Waals surface area contributed by atoms with Gasteiger partial charge in [0.2, 0.25) is 0 Å². The summed E-state index contributed by atoms with van der Waals surface area (Å²) in [4.78, 5) is 17.7. The quantitative estimate of drug-likeness (QED) is 0.532. The van der Waals surface area contributed by atoms with Crippen molar-refractivity contribution in [1.29, 1.82) is 0 Å². The van der Waals surface area contributed by atoms with Crippen LogP contribution in [0.1, 0.15) is 11.8 Å². The lowest BCUT2D eigenvalue weighted by Gasteiger charge is -2.13. The zero-order valence-electron chi connectivity index (χ0n) is 8.01. The van der Waals surface area contributed by atoms with Crippen molar-refractivity contribution >= 4 is 22.6 Å². The molecular weight excluding hydrogens is 236 g/mol. The molecule has 0 bridgehead atoms. The van der Waals surface area contributed by atoms with Crippen molar-refractivity contribution in [3.63, 3.8) is 0 Å². The van der Waals surface area contributed by atoms with E-state index in [0.29, 0.717) is 0 Å². The van der Waals surface area contributed by atoms with Gasteiger partial charge in [0.15, 0.2) is 5.65 Å². The van der Waals surface area contributed by atoms with Crippen molar-refractivity contribution < 1.29 is 10.2 Å². The lowest BCUT2D eigenvalue weighted by atomic mass is 10.1. The number of H-pyrrole nitrogens is 2. The average molecular weight is 245 g/mol. The molecule has 0 saturated carbocycles. The number of aliphatic hydroxyl groups excluding tert-OH is 2. The van der Waals surface area contributed by atoms with Gasteiger partial charge < -0.3 is 15.2 Å². The van der Waals surface area contributed by atoms with Gasteiger partial charge in [-0.2, -0.15) is 5.10 Å². The van der Waals surface area contributed by atoms with Crippen LogP contribution in [0.25, 0.3) is 11.0 Å². The zero-order chi connectivity index (χ0) is 11.7. The summed E-state index contributed by atoms with van der Waals surface area (Å²) >= 11 is 5.41. The predicted molar refractivity (Wildman–Crippen MR) is 56.2 cm³/mol. The fourth-order valence-corrected chi connectivity index (χ4v) is 1.55. The van der Waals surface area contributed by atoms with Gasteiger partial charge in [0.05, 0.1) is 24.0 Å². The third-order valence-electron chi connectivity index (χ3n) is 2.20. The number of fused-ring (bicyclic) bond motifs is 1. The van der Waals surface area contributed by atoms with Gasteiger partial charge in [-0.3, -0.25) is 9.89 Å². The highest BCUT2D eigenvalue weighted by Crippen LogP contribution is 2.20. The summed E-state index contributed by atoms with van der Waals surface area (Å²) in [5, 5.41) is 25.4. The Balaban J connectivity index is 2.57. The Morgan fingerprint density at radius 1 is 1.50 bits per heavy atom. The number of halogens is 1. The maximum atomic E-state index is 11.5. The van der Waals surface area contributed by atoms with E-state index >= 15 is 0 Å². The summed E-state index contributed by atoms with van der Waals surface area (Å²) in [7, 11) is 0. The van der Waals surface area contributed by atoms with Crippen LogP contribution in [-0.4, -0.2) is 42.4 Å². The molecule has 0 aliphatic carbocycles. The average Bonchev–Trinajstić information content (AvgIpc) is 2.72. The second-order valence-corrected chi connectivity index (χ2v) is 3.54. The normalized spacial score (nSPS) is 15.2. The Bertz CT molecular complexity index is 551. The molecule has 0 spiro atoms. The number of aromatic amines is 2. The standard InChI is InChI=1S/C8H9ClN4O3/c9-1-3(14)6(15)5-4-7(13-12-5)10-2-11-8(4)16/h2-3,6,14-15H,1H2,(H2,10,11,12,13,16). The zero-order valence-corrected chi connectivity index (χ0v) is 8.77. The first-order valence-corrected chi connectivity index (χ1v) is 5.02. The van der Waals surface area contributed by atoms with Gasteiger partial charge >= 0.3 is 0 Å². The molecule has 0 aliphatic heterocycles. The van der Waals surface area contributed by atoms with Gasteiger partial charge in [0, 0.05) is 0 Å².